The van der Waals surface area contributed by atoms with Gasteiger partial charge in [-0.05, 0) is 45.8 Å². The van der Waals surface area contributed by atoms with E-state index in [1.165, 1.54) is 38.5 Å². The van der Waals surface area contributed by atoms with Gasteiger partial charge in [-0.3, -0.25) is 0 Å². The van der Waals surface area contributed by atoms with Crippen LogP contribution in [0.25, 0.3) is 0 Å². The highest BCUT2D eigenvalue weighted by molar-refractivity contribution is 7.99. The van der Waals surface area contributed by atoms with Crippen molar-refractivity contribution in [2.75, 3.05) is 12.8 Å². The molecule has 0 radical (unpaired) electrons. The molecule has 0 spiro atoms. The van der Waals surface area contributed by atoms with Gasteiger partial charge in [-0.2, -0.15) is 11.8 Å². The summed E-state index contributed by atoms with van der Waals surface area (Å²) in [6.45, 7) is 5.46. The van der Waals surface area contributed by atoms with Crippen molar-refractivity contribution in [1.29, 1.82) is 0 Å². The van der Waals surface area contributed by atoms with E-state index in [1.807, 2.05) is 11.8 Å². The lowest BCUT2D eigenvalue weighted by Gasteiger charge is -2.32. The molecule has 0 aromatic heterocycles. The molecule has 2 aliphatic rings. The Morgan fingerprint density at radius 2 is 2.00 bits per heavy atom. The summed E-state index contributed by atoms with van der Waals surface area (Å²) in [5.41, 5.74) is 0.109. The third-order valence-corrected chi connectivity index (χ3v) is 5.34. The van der Waals surface area contributed by atoms with Crippen LogP contribution in [0.15, 0.2) is 0 Å². The van der Waals surface area contributed by atoms with Gasteiger partial charge in [0.05, 0.1) is 11.7 Å². The molecule has 1 N–H and O–H groups in total. The summed E-state index contributed by atoms with van der Waals surface area (Å²) in [6, 6.07) is 0.714. The second-order valence-electron chi connectivity index (χ2n) is 6.11. The fraction of sp³-hybridized carbons (Fsp3) is 1.00. The summed E-state index contributed by atoms with van der Waals surface area (Å²) in [7, 11) is 0. The minimum atomic E-state index is 0.109. The molecule has 0 bridgehead atoms. The van der Waals surface area contributed by atoms with Gasteiger partial charge in [-0.15, -0.1) is 0 Å². The van der Waals surface area contributed by atoms with Crippen LogP contribution in [0.5, 0.6) is 0 Å². The van der Waals surface area contributed by atoms with Gasteiger partial charge in [-0.25, -0.2) is 0 Å². The smallest absolute Gasteiger partial charge is 0.0707 e. The zero-order valence-corrected chi connectivity index (χ0v) is 12.3. The average molecular weight is 257 g/mol. The topological polar surface area (TPSA) is 21.3 Å². The minimum Gasteiger partial charge on any atom is -0.371 e. The SMILES string of the molecule is CSC1CCCCC1NCC1CCC(C)(C)O1. The molecule has 1 saturated heterocycles. The highest BCUT2D eigenvalue weighted by Gasteiger charge is 2.32. The summed E-state index contributed by atoms with van der Waals surface area (Å²) in [5, 5.41) is 4.57. The van der Waals surface area contributed by atoms with Crippen LogP contribution in [-0.2, 0) is 4.74 Å². The van der Waals surface area contributed by atoms with Crippen LogP contribution in [-0.4, -0.2) is 35.8 Å². The number of hydrogen-bond acceptors (Lipinski definition) is 3. The highest BCUT2D eigenvalue weighted by atomic mass is 32.2. The van der Waals surface area contributed by atoms with Crippen LogP contribution >= 0.6 is 11.8 Å². The van der Waals surface area contributed by atoms with Crippen molar-refractivity contribution in [3.05, 3.63) is 0 Å². The minimum absolute atomic E-state index is 0.109. The highest BCUT2D eigenvalue weighted by Crippen LogP contribution is 2.30. The molecule has 1 heterocycles. The molecule has 100 valence electrons. The number of thioether (sulfide) groups is 1. The van der Waals surface area contributed by atoms with Crippen molar-refractivity contribution in [2.24, 2.45) is 0 Å². The Labute approximate surface area is 110 Å². The van der Waals surface area contributed by atoms with Gasteiger partial charge >= 0.3 is 0 Å². The molecule has 2 fully saturated rings. The van der Waals surface area contributed by atoms with Crippen LogP contribution in [0, 0.1) is 0 Å². The first-order valence-corrected chi connectivity index (χ1v) is 8.33. The molecule has 1 aliphatic heterocycles. The van der Waals surface area contributed by atoms with Crippen LogP contribution in [0.2, 0.25) is 0 Å². The molecule has 0 aromatic rings. The van der Waals surface area contributed by atoms with E-state index in [9.17, 15) is 0 Å². The van der Waals surface area contributed by atoms with Crippen LogP contribution in [0.1, 0.15) is 52.4 Å². The fourth-order valence-corrected chi connectivity index (χ4v) is 4.08. The van der Waals surface area contributed by atoms with Crippen LogP contribution in [0.3, 0.4) is 0 Å². The van der Waals surface area contributed by atoms with Crippen LogP contribution in [0.4, 0.5) is 0 Å². The predicted octanol–water partition coefficient (Wildman–Crippen LogP) is 3.21. The van der Waals surface area contributed by atoms with E-state index in [0.29, 0.717) is 12.1 Å². The largest absolute Gasteiger partial charge is 0.371 e. The normalized spacial score (nSPS) is 37.2. The lowest BCUT2D eigenvalue weighted by atomic mass is 9.94. The molecular formula is C14H27NOS. The van der Waals surface area contributed by atoms with E-state index in [-0.39, 0.29) is 5.60 Å². The number of hydrogen-bond donors (Lipinski definition) is 1. The Bertz CT molecular complexity index is 244. The molecular weight excluding hydrogens is 230 g/mol. The quantitative estimate of drug-likeness (QED) is 0.835. The molecule has 3 unspecified atom stereocenters. The Kier molecular flexibility index (Phi) is 4.79. The second-order valence-corrected chi connectivity index (χ2v) is 7.19. The standard InChI is InChI=1S/C14H27NOS/c1-14(2)9-8-11(16-14)10-15-12-6-4-5-7-13(12)17-3/h11-13,15H,4-10H2,1-3H3. The Morgan fingerprint density at radius 1 is 1.24 bits per heavy atom. The van der Waals surface area contributed by atoms with Gasteiger partial charge in [0.2, 0.25) is 0 Å². The first-order chi connectivity index (χ1) is 8.11. The molecule has 1 aliphatic carbocycles. The van der Waals surface area contributed by atoms with Gasteiger partial charge in [-0.1, -0.05) is 12.8 Å². The van der Waals surface area contributed by atoms with Gasteiger partial charge in [0, 0.05) is 17.8 Å². The summed E-state index contributed by atoms with van der Waals surface area (Å²) < 4.78 is 6.04. The van der Waals surface area contributed by atoms with E-state index < -0.39 is 0 Å². The van der Waals surface area contributed by atoms with Crippen molar-refractivity contribution in [2.45, 2.75) is 75.4 Å². The van der Waals surface area contributed by atoms with E-state index in [1.54, 1.807) is 0 Å². The third kappa shape index (κ3) is 3.87. The maximum atomic E-state index is 6.04. The summed E-state index contributed by atoms with van der Waals surface area (Å²) >= 11 is 2.03. The number of ether oxygens (including phenoxy) is 1. The van der Waals surface area contributed by atoms with E-state index in [2.05, 4.69) is 25.4 Å². The van der Waals surface area contributed by atoms with Gasteiger partial charge in [0.25, 0.3) is 0 Å². The van der Waals surface area contributed by atoms with Gasteiger partial charge in [0.1, 0.15) is 0 Å². The monoisotopic (exact) mass is 257 g/mol. The molecule has 2 rings (SSSR count). The lowest BCUT2D eigenvalue weighted by Crippen LogP contribution is -2.43. The van der Waals surface area contributed by atoms with Crippen molar-refractivity contribution >= 4 is 11.8 Å². The fourth-order valence-electron chi connectivity index (χ4n) is 3.12. The Hall–Kier alpha value is 0.270. The lowest BCUT2D eigenvalue weighted by molar-refractivity contribution is -0.0154. The predicted molar refractivity (Wildman–Crippen MR) is 75.7 cm³/mol. The molecule has 17 heavy (non-hydrogen) atoms. The molecule has 1 saturated carbocycles. The first-order valence-electron chi connectivity index (χ1n) is 7.05. The zero-order chi connectivity index (χ0) is 12.3. The Balaban J connectivity index is 1.74. The molecule has 0 amide bonds. The van der Waals surface area contributed by atoms with E-state index in [0.717, 1.165) is 11.8 Å². The molecule has 3 heteroatoms. The van der Waals surface area contributed by atoms with Crippen molar-refractivity contribution in [3.8, 4) is 0 Å². The van der Waals surface area contributed by atoms with Crippen molar-refractivity contribution in [1.82, 2.24) is 5.32 Å². The van der Waals surface area contributed by atoms with Gasteiger partial charge < -0.3 is 10.1 Å². The zero-order valence-electron chi connectivity index (χ0n) is 11.5. The Morgan fingerprint density at radius 3 is 2.65 bits per heavy atom. The van der Waals surface area contributed by atoms with E-state index in [4.69, 9.17) is 4.74 Å². The van der Waals surface area contributed by atoms with E-state index >= 15 is 0 Å². The first kappa shape index (κ1) is 13.7. The second kappa shape index (κ2) is 5.94. The average Bonchev–Trinajstić information content (AvgIpc) is 2.67. The van der Waals surface area contributed by atoms with Crippen molar-refractivity contribution < 1.29 is 4.74 Å². The third-order valence-electron chi connectivity index (χ3n) is 4.17. The van der Waals surface area contributed by atoms with Crippen LogP contribution < -0.4 is 5.32 Å². The summed E-state index contributed by atoms with van der Waals surface area (Å²) in [4.78, 5) is 0. The molecule has 3 atom stereocenters. The molecule has 2 nitrogen and oxygen atoms in total. The molecule has 0 aromatic carbocycles. The maximum Gasteiger partial charge on any atom is 0.0707 e. The summed E-state index contributed by atoms with van der Waals surface area (Å²) in [5.74, 6) is 0. The van der Waals surface area contributed by atoms with Gasteiger partial charge in [0.15, 0.2) is 0 Å². The number of nitrogens with one attached hydrogen (secondary N) is 1. The number of rotatable bonds is 4. The van der Waals surface area contributed by atoms with Crippen molar-refractivity contribution in [3.63, 3.8) is 0 Å². The maximum absolute atomic E-state index is 6.04. The summed E-state index contributed by atoms with van der Waals surface area (Å²) in [6.07, 6.45) is 10.7.